The molecule has 3 N–H and O–H groups in total. The second-order valence-corrected chi connectivity index (χ2v) is 5.55. The van der Waals surface area contributed by atoms with Crippen LogP contribution in [0.2, 0.25) is 0 Å². The van der Waals surface area contributed by atoms with Gasteiger partial charge in [-0.25, -0.2) is 0 Å². The number of carbonyl (C=O) groups excluding carboxylic acids is 1. The molecular weight excluding hydrogens is 268 g/mol. The Balaban J connectivity index is 1.87. The molecule has 1 amide bonds. The molecule has 110 valence electrons. The smallest absolute Gasteiger partial charge is 0.258 e. The van der Waals surface area contributed by atoms with Crippen LogP contribution in [0.3, 0.4) is 0 Å². The molecular formula is C15H18N4O2. The topological polar surface area (TPSA) is 94.0 Å². The average molecular weight is 286 g/mol. The van der Waals surface area contributed by atoms with Gasteiger partial charge >= 0.3 is 0 Å². The summed E-state index contributed by atoms with van der Waals surface area (Å²) in [5.74, 6) is 0.874. The van der Waals surface area contributed by atoms with E-state index in [1.807, 2.05) is 18.2 Å². The molecule has 1 saturated carbocycles. The van der Waals surface area contributed by atoms with Gasteiger partial charge in [0.1, 0.15) is 0 Å². The van der Waals surface area contributed by atoms with Gasteiger partial charge in [-0.2, -0.15) is 4.98 Å². The largest absolute Gasteiger partial charge is 0.334 e. The maximum Gasteiger partial charge on any atom is 0.258 e. The standard InChI is InChI=1S/C15H18N4O2/c1-10(20)17-12-6-4-5-11(9-12)13-18-14(19-21-13)15(16)7-2-3-8-15/h4-6,9H,2-3,7-8,16H2,1H3,(H,17,20). The summed E-state index contributed by atoms with van der Waals surface area (Å²) in [5.41, 5.74) is 7.33. The van der Waals surface area contributed by atoms with E-state index in [4.69, 9.17) is 10.3 Å². The number of nitrogens with zero attached hydrogens (tertiary/aromatic N) is 2. The number of aromatic nitrogens is 2. The number of rotatable bonds is 3. The molecule has 0 unspecified atom stereocenters. The van der Waals surface area contributed by atoms with Gasteiger partial charge in [0.15, 0.2) is 5.82 Å². The van der Waals surface area contributed by atoms with Crippen LogP contribution < -0.4 is 11.1 Å². The van der Waals surface area contributed by atoms with Gasteiger partial charge in [-0.1, -0.05) is 24.1 Å². The van der Waals surface area contributed by atoms with Gasteiger partial charge < -0.3 is 15.6 Å². The average Bonchev–Trinajstić information content (AvgIpc) is 3.08. The van der Waals surface area contributed by atoms with Gasteiger partial charge in [-0.3, -0.25) is 4.79 Å². The highest BCUT2D eigenvalue weighted by Gasteiger charge is 2.36. The lowest BCUT2D eigenvalue weighted by Crippen LogP contribution is -2.34. The van der Waals surface area contributed by atoms with Gasteiger partial charge in [0, 0.05) is 18.2 Å². The predicted octanol–water partition coefficient (Wildman–Crippen LogP) is 2.42. The quantitative estimate of drug-likeness (QED) is 0.903. The van der Waals surface area contributed by atoms with Crippen molar-refractivity contribution in [3.63, 3.8) is 0 Å². The van der Waals surface area contributed by atoms with E-state index in [1.54, 1.807) is 6.07 Å². The third kappa shape index (κ3) is 2.80. The first kappa shape index (κ1) is 13.8. The molecule has 1 aliphatic rings. The van der Waals surface area contributed by atoms with Crippen LogP contribution >= 0.6 is 0 Å². The highest BCUT2D eigenvalue weighted by atomic mass is 16.5. The van der Waals surface area contributed by atoms with Crippen LogP contribution in [-0.2, 0) is 10.3 Å². The fraction of sp³-hybridized carbons (Fsp3) is 0.400. The molecule has 0 bridgehead atoms. The van der Waals surface area contributed by atoms with E-state index < -0.39 is 5.54 Å². The van der Waals surface area contributed by atoms with Gasteiger partial charge in [-0.15, -0.1) is 0 Å². The summed E-state index contributed by atoms with van der Waals surface area (Å²) in [7, 11) is 0. The molecule has 2 aromatic rings. The SMILES string of the molecule is CC(=O)Nc1cccc(-c2nc(C3(N)CCCC3)no2)c1. The Labute approximate surface area is 122 Å². The van der Waals surface area contributed by atoms with E-state index in [0.29, 0.717) is 17.4 Å². The summed E-state index contributed by atoms with van der Waals surface area (Å²) >= 11 is 0. The van der Waals surface area contributed by atoms with Crippen LogP contribution in [0.15, 0.2) is 28.8 Å². The van der Waals surface area contributed by atoms with Crippen LogP contribution in [0, 0.1) is 0 Å². The number of anilines is 1. The predicted molar refractivity (Wildman–Crippen MR) is 78.4 cm³/mol. The molecule has 0 atom stereocenters. The molecule has 0 aliphatic heterocycles. The number of amides is 1. The lowest BCUT2D eigenvalue weighted by atomic mass is 9.99. The summed E-state index contributed by atoms with van der Waals surface area (Å²) in [6, 6.07) is 7.30. The highest BCUT2D eigenvalue weighted by Crippen LogP contribution is 2.35. The minimum atomic E-state index is -0.461. The summed E-state index contributed by atoms with van der Waals surface area (Å²) in [4.78, 5) is 15.5. The Morgan fingerprint density at radius 3 is 2.86 bits per heavy atom. The molecule has 1 heterocycles. The zero-order valence-corrected chi connectivity index (χ0v) is 11.9. The van der Waals surface area contributed by atoms with Crippen molar-refractivity contribution in [2.24, 2.45) is 5.73 Å². The molecule has 0 saturated heterocycles. The number of carbonyl (C=O) groups is 1. The summed E-state index contributed by atoms with van der Waals surface area (Å²) in [6.07, 6.45) is 3.96. The lowest BCUT2D eigenvalue weighted by Gasteiger charge is -2.17. The first-order chi connectivity index (χ1) is 10.1. The number of hydrogen-bond donors (Lipinski definition) is 2. The molecule has 1 fully saturated rings. The monoisotopic (exact) mass is 286 g/mol. The van der Waals surface area contributed by atoms with Crippen molar-refractivity contribution < 1.29 is 9.32 Å². The maximum absolute atomic E-state index is 11.1. The molecule has 1 aliphatic carbocycles. The Kier molecular flexibility index (Phi) is 3.47. The molecule has 3 rings (SSSR count). The van der Waals surface area contributed by atoms with Crippen molar-refractivity contribution in [3.05, 3.63) is 30.1 Å². The van der Waals surface area contributed by atoms with Crippen LogP contribution in [0.4, 0.5) is 5.69 Å². The van der Waals surface area contributed by atoms with Crippen molar-refractivity contribution in [3.8, 4) is 11.5 Å². The van der Waals surface area contributed by atoms with Gasteiger partial charge in [0.05, 0.1) is 5.54 Å². The summed E-state index contributed by atoms with van der Waals surface area (Å²) < 4.78 is 5.33. The summed E-state index contributed by atoms with van der Waals surface area (Å²) in [6.45, 7) is 1.47. The van der Waals surface area contributed by atoms with Crippen molar-refractivity contribution in [2.75, 3.05) is 5.32 Å². The van der Waals surface area contributed by atoms with Crippen molar-refractivity contribution in [1.29, 1.82) is 0 Å². The minimum absolute atomic E-state index is 0.120. The van der Waals surface area contributed by atoms with Crippen LogP contribution in [-0.4, -0.2) is 16.0 Å². The van der Waals surface area contributed by atoms with Gasteiger partial charge in [0.2, 0.25) is 5.91 Å². The Morgan fingerprint density at radius 1 is 1.38 bits per heavy atom. The van der Waals surface area contributed by atoms with Gasteiger partial charge in [0.25, 0.3) is 5.89 Å². The second-order valence-electron chi connectivity index (χ2n) is 5.55. The van der Waals surface area contributed by atoms with E-state index in [1.165, 1.54) is 6.92 Å². The number of nitrogens with one attached hydrogen (secondary N) is 1. The Hall–Kier alpha value is -2.21. The van der Waals surface area contributed by atoms with E-state index in [0.717, 1.165) is 31.2 Å². The zero-order chi connectivity index (χ0) is 14.9. The maximum atomic E-state index is 11.1. The second kappa shape index (κ2) is 5.29. The van der Waals surface area contributed by atoms with Crippen LogP contribution in [0.5, 0.6) is 0 Å². The molecule has 0 radical (unpaired) electrons. The normalized spacial score (nSPS) is 16.9. The molecule has 1 aromatic heterocycles. The first-order valence-electron chi connectivity index (χ1n) is 7.08. The number of hydrogen-bond acceptors (Lipinski definition) is 5. The number of nitrogens with two attached hydrogens (primary N) is 1. The molecule has 1 aromatic carbocycles. The van der Waals surface area contributed by atoms with Crippen LogP contribution in [0.25, 0.3) is 11.5 Å². The third-order valence-corrected chi connectivity index (χ3v) is 3.80. The van der Waals surface area contributed by atoms with Gasteiger partial charge in [-0.05, 0) is 31.0 Å². The fourth-order valence-corrected chi connectivity index (χ4v) is 2.71. The lowest BCUT2D eigenvalue weighted by molar-refractivity contribution is -0.114. The van der Waals surface area contributed by atoms with Crippen molar-refractivity contribution in [1.82, 2.24) is 10.1 Å². The van der Waals surface area contributed by atoms with Crippen molar-refractivity contribution in [2.45, 2.75) is 38.1 Å². The van der Waals surface area contributed by atoms with E-state index >= 15 is 0 Å². The van der Waals surface area contributed by atoms with E-state index in [9.17, 15) is 4.79 Å². The third-order valence-electron chi connectivity index (χ3n) is 3.80. The fourth-order valence-electron chi connectivity index (χ4n) is 2.71. The zero-order valence-electron chi connectivity index (χ0n) is 11.9. The van der Waals surface area contributed by atoms with E-state index in [-0.39, 0.29) is 5.91 Å². The molecule has 6 heteroatoms. The molecule has 21 heavy (non-hydrogen) atoms. The van der Waals surface area contributed by atoms with Crippen molar-refractivity contribution >= 4 is 11.6 Å². The summed E-state index contributed by atoms with van der Waals surface area (Å²) in [5, 5.41) is 6.77. The van der Waals surface area contributed by atoms with E-state index in [2.05, 4.69) is 15.5 Å². The minimum Gasteiger partial charge on any atom is -0.334 e. The molecule has 0 spiro atoms. The first-order valence-corrected chi connectivity index (χ1v) is 7.08. The Morgan fingerprint density at radius 2 is 2.14 bits per heavy atom. The Bertz CT molecular complexity index is 659. The van der Waals surface area contributed by atoms with Crippen LogP contribution in [0.1, 0.15) is 38.4 Å². The highest BCUT2D eigenvalue weighted by molar-refractivity contribution is 5.89. The number of benzene rings is 1. The molecule has 6 nitrogen and oxygen atoms in total.